The van der Waals surface area contributed by atoms with E-state index in [1.807, 2.05) is 17.0 Å². The maximum Gasteiger partial charge on any atom is 0.224 e. The van der Waals surface area contributed by atoms with Crippen LogP contribution in [0.2, 0.25) is 0 Å². The molecule has 1 saturated heterocycles. The Balaban J connectivity index is 1.39. The van der Waals surface area contributed by atoms with Gasteiger partial charge in [0.15, 0.2) is 0 Å². The molecule has 3 rings (SSSR count). The summed E-state index contributed by atoms with van der Waals surface area (Å²) in [4.78, 5) is 26.1. The zero-order valence-corrected chi connectivity index (χ0v) is 14.8. The van der Waals surface area contributed by atoms with E-state index in [4.69, 9.17) is 0 Å². The van der Waals surface area contributed by atoms with Gasteiger partial charge in [0.2, 0.25) is 11.8 Å². The van der Waals surface area contributed by atoms with Gasteiger partial charge in [-0.3, -0.25) is 9.59 Å². The summed E-state index contributed by atoms with van der Waals surface area (Å²) in [7, 11) is 0. The van der Waals surface area contributed by atoms with Gasteiger partial charge in [0.1, 0.15) is 0 Å². The van der Waals surface area contributed by atoms with Gasteiger partial charge in [-0.05, 0) is 49.3 Å². The Bertz CT molecular complexity index is 567. The van der Waals surface area contributed by atoms with Crippen molar-refractivity contribution in [2.75, 3.05) is 19.6 Å². The predicted octanol–water partition coefficient (Wildman–Crippen LogP) is 3.07. The number of piperidine rings is 1. The number of rotatable bonds is 5. The summed E-state index contributed by atoms with van der Waals surface area (Å²) < 4.78 is 1.05. The molecule has 1 saturated carbocycles. The van der Waals surface area contributed by atoms with Crippen molar-refractivity contribution in [1.29, 1.82) is 0 Å². The van der Waals surface area contributed by atoms with Crippen molar-refractivity contribution in [3.8, 4) is 0 Å². The first-order chi connectivity index (χ1) is 11.1. The van der Waals surface area contributed by atoms with Crippen molar-refractivity contribution in [3.63, 3.8) is 0 Å². The second-order valence-corrected chi connectivity index (χ2v) is 7.40. The molecule has 1 N–H and O–H groups in total. The lowest BCUT2D eigenvalue weighted by Gasteiger charge is -2.26. The van der Waals surface area contributed by atoms with Crippen LogP contribution in [0.1, 0.15) is 43.6 Å². The molecule has 23 heavy (non-hydrogen) atoms. The minimum absolute atomic E-state index is 0.0706. The van der Waals surface area contributed by atoms with Gasteiger partial charge in [0.25, 0.3) is 0 Å². The fraction of sp³-hybridized carbons (Fsp3) is 0.556. The van der Waals surface area contributed by atoms with E-state index in [2.05, 4.69) is 33.4 Å². The van der Waals surface area contributed by atoms with E-state index in [1.165, 1.54) is 12.0 Å². The zero-order valence-electron chi connectivity index (χ0n) is 13.3. The molecule has 2 atom stereocenters. The maximum atomic E-state index is 12.2. The standard InChI is InChI=1S/C18H23BrN2O2/c19-14-6-4-13(5-7-14)15-12-16(15)18(23)20-9-8-17(22)21-10-2-1-3-11-21/h4-7,15-16H,1-3,8-12H2,(H,20,23)/t15-,16-/m0/s1. The topological polar surface area (TPSA) is 49.4 Å². The van der Waals surface area contributed by atoms with Gasteiger partial charge in [0, 0.05) is 36.4 Å². The average molecular weight is 379 g/mol. The van der Waals surface area contributed by atoms with Crippen molar-refractivity contribution in [1.82, 2.24) is 10.2 Å². The van der Waals surface area contributed by atoms with Crippen LogP contribution < -0.4 is 5.32 Å². The molecule has 1 heterocycles. The van der Waals surface area contributed by atoms with E-state index in [-0.39, 0.29) is 17.7 Å². The van der Waals surface area contributed by atoms with Crippen LogP contribution in [0.3, 0.4) is 0 Å². The lowest BCUT2D eigenvalue weighted by molar-refractivity contribution is -0.132. The van der Waals surface area contributed by atoms with Crippen molar-refractivity contribution < 1.29 is 9.59 Å². The van der Waals surface area contributed by atoms with E-state index in [9.17, 15) is 9.59 Å². The van der Waals surface area contributed by atoms with Gasteiger partial charge >= 0.3 is 0 Å². The zero-order chi connectivity index (χ0) is 16.2. The normalized spacial score (nSPS) is 23.4. The van der Waals surface area contributed by atoms with E-state index in [0.717, 1.165) is 36.8 Å². The molecule has 2 fully saturated rings. The van der Waals surface area contributed by atoms with E-state index < -0.39 is 0 Å². The van der Waals surface area contributed by atoms with Gasteiger partial charge < -0.3 is 10.2 Å². The van der Waals surface area contributed by atoms with Crippen LogP contribution in [0.5, 0.6) is 0 Å². The van der Waals surface area contributed by atoms with Gasteiger partial charge in [-0.1, -0.05) is 28.1 Å². The first-order valence-corrected chi connectivity index (χ1v) is 9.25. The van der Waals surface area contributed by atoms with Crippen molar-refractivity contribution in [2.45, 2.75) is 38.0 Å². The molecule has 5 heteroatoms. The number of carbonyl (C=O) groups excluding carboxylic acids is 2. The lowest BCUT2D eigenvalue weighted by Crippen LogP contribution is -2.38. The number of nitrogens with one attached hydrogen (secondary N) is 1. The monoisotopic (exact) mass is 378 g/mol. The van der Waals surface area contributed by atoms with Crippen LogP contribution in [0.15, 0.2) is 28.7 Å². The van der Waals surface area contributed by atoms with Crippen LogP contribution in [0.4, 0.5) is 0 Å². The van der Waals surface area contributed by atoms with Gasteiger partial charge in [0.05, 0.1) is 0 Å². The highest BCUT2D eigenvalue weighted by molar-refractivity contribution is 9.10. The predicted molar refractivity (Wildman–Crippen MR) is 93.0 cm³/mol. The van der Waals surface area contributed by atoms with Crippen molar-refractivity contribution >= 4 is 27.7 Å². The molecule has 124 valence electrons. The number of nitrogens with zero attached hydrogens (tertiary/aromatic N) is 1. The number of likely N-dealkylation sites (tertiary alicyclic amines) is 1. The largest absolute Gasteiger partial charge is 0.355 e. The molecule has 0 spiro atoms. The van der Waals surface area contributed by atoms with Crippen LogP contribution in [0.25, 0.3) is 0 Å². The molecule has 2 amide bonds. The molecule has 0 unspecified atom stereocenters. The molecule has 1 aliphatic heterocycles. The molecule has 1 aliphatic carbocycles. The third-order valence-electron chi connectivity index (χ3n) is 4.77. The van der Waals surface area contributed by atoms with Crippen LogP contribution in [-0.2, 0) is 9.59 Å². The number of amides is 2. The Morgan fingerprint density at radius 1 is 1.13 bits per heavy atom. The summed E-state index contributed by atoms with van der Waals surface area (Å²) in [6, 6.07) is 8.17. The Labute approximate surface area is 145 Å². The number of halogens is 1. The van der Waals surface area contributed by atoms with E-state index in [1.54, 1.807) is 0 Å². The minimum Gasteiger partial charge on any atom is -0.355 e. The third-order valence-corrected chi connectivity index (χ3v) is 5.30. The Hall–Kier alpha value is -1.36. The molecule has 4 nitrogen and oxygen atoms in total. The fourth-order valence-corrected chi connectivity index (χ4v) is 3.55. The molecular weight excluding hydrogens is 356 g/mol. The number of hydrogen-bond donors (Lipinski definition) is 1. The van der Waals surface area contributed by atoms with Gasteiger partial charge in [-0.2, -0.15) is 0 Å². The van der Waals surface area contributed by atoms with Crippen LogP contribution >= 0.6 is 15.9 Å². The van der Waals surface area contributed by atoms with Gasteiger partial charge in [-0.25, -0.2) is 0 Å². The summed E-state index contributed by atoms with van der Waals surface area (Å²) >= 11 is 3.42. The maximum absolute atomic E-state index is 12.2. The van der Waals surface area contributed by atoms with Gasteiger partial charge in [-0.15, -0.1) is 0 Å². The first kappa shape index (κ1) is 16.5. The summed E-state index contributed by atoms with van der Waals surface area (Å²) in [5, 5.41) is 2.93. The highest BCUT2D eigenvalue weighted by atomic mass is 79.9. The smallest absolute Gasteiger partial charge is 0.224 e. The SMILES string of the molecule is O=C(NCCC(=O)N1CCCCC1)[C@H]1C[C@H]1c1ccc(Br)cc1. The highest BCUT2D eigenvalue weighted by Gasteiger charge is 2.43. The van der Waals surface area contributed by atoms with Crippen LogP contribution in [0, 0.1) is 5.92 Å². The lowest BCUT2D eigenvalue weighted by atomic mass is 10.1. The van der Waals surface area contributed by atoms with Crippen LogP contribution in [-0.4, -0.2) is 36.3 Å². The summed E-state index contributed by atoms with van der Waals surface area (Å²) in [6.07, 6.45) is 4.76. The molecule has 2 aliphatic rings. The first-order valence-electron chi connectivity index (χ1n) is 8.46. The van der Waals surface area contributed by atoms with Crippen molar-refractivity contribution in [3.05, 3.63) is 34.3 Å². The Morgan fingerprint density at radius 2 is 1.83 bits per heavy atom. The Kier molecular flexibility index (Phi) is 5.36. The summed E-state index contributed by atoms with van der Waals surface area (Å²) in [5.41, 5.74) is 1.22. The number of carbonyl (C=O) groups is 2. The molecule has 1 aromatic carbocycles. The molecule has 0 aromatic heterocycles. The summed E-state index contributed by atoms with van der Waals surface area (Å²) in [5.74, 6) is 0.664. The molecular formula is C18H23BrN2O2. The Morgan fingerprint density at radius 3 is 2.52 bits per heavy atom. The molecule has 1 aromatic rings. The second-order valence-electron chi connectivity index (χ2n) is 6.48. The number of benzene rings is 1. The van der Waals surface area contributed by atoms with E-state index in [0.29, 0.717) is 18.9 Å². The highest BCUT2D eigenvalue weighted by Crippen LogP contribution is 2.47. The van der Waals surface area contributed by atoms with E-state index >= 15 is 0 Å². The van der Waals surface area contributed by atoms with Crippen molar-refractivity contribution in [2.24, 2.45) is 5.92 Å². The summed E-state index contributed by atoms with van der Waals surface area (Å²) in [6.45, 7) is 2.21. The second kappa shape index (κ2) is 7.47. The third kappa shape index (κ3) is 4.34. The minimum atomic E-state index is 0.0706. The molecule has 0 radical (unpaired) electrons. The average Bonchev–Trinajstić information content (AvgIpc) is 3.37. The molecule has 0 bridgehead atoms. The number of hydrogen-bond acceptors (Lipinski definition) is 2. The quantitative estimate of drug-likeness (QED) is 0.855. The fourth-order valence-electron chi connectivity index (χ4n) is 3.29.